The summed E-state index contributed by atoms with van der Waals surface area (Å²) >= 11 is 0. The number of carbonyl (C=O) groups excluding carboxylic acids is 2. The molecule has 5 heteroatoms. The highest BCUT2D eigenvalue weighted by molar-refractivity contribution is 5.96. The van der Waals surface area contributed by atoms with Crippen LogP contribution >= 0.6 is 0 Å². The molecule has 0 aromatic heterocycles. The van der Waals surface area contributed by atoms with Crippen LogP contribution in [0, 0.1) is 0 Å². The van der Waals surface area contributed by atoms with Crippen molar-refractivity contribution in [2.45, 2.75) is 13.0 Å². The maximum Gasteiger partial charge on any atom is 0.312 e. The van der Waals surface area contributed by atoms with E-state index in [1.54, 1.807) is 6.92 Å². The molecule has 2 rings (SSSR count). The number of carbonyl (C=O) groups is 2. The van der Waals surface area contributed by atoms with Crippen molar-refractivity contribution >= 4 is 17.6 Å². The van der Waals surface area contributed by atoms with Crippen molar-refractivity contribution in [1.82, 2.24) is 5.32 Å². The number of rotatable bonds is 4. The quantitative estimate of drug-likeness (QED) is 0.804. The Bertz CT molecular complexity index is 624. The van der Waals surface area contributed by atoms with E-state index < -0.39 is 12.1 Å². The molecule has 0 spiro atoms. The summed E-state index contributed by atoms with van der Waals surface area (Å²) in [6.45, 7) is 1.57. The molecule has 3 amide bonds. The Morgan fingerprint density at radius 2 is 1.52 bits per heavy atom. The number of anilines is 1. The number of primary amides is 1. The number of nitrogens with two attached hydrogens (primary N) is 1. The van der Waals surface area contributed by atoms with E-state index in [0.29, 0.717) is 5.69 Å². The molecule has 0 aliphatic heterocycles. The van der Waals surface area contributed by atoms with Crippen LogP contribution in [0.3, 0.4) is 0 Å². The van der Waals surface area contributed by atoms with Gasteiger partial charge in [-0.3, -0.25) is 4.79 Å². The molecular weight excluding hydrogens is 266 g/mol. The summed E-state index contributed by atoms with van der Waals surface area (Å²) in [6, 6.07) is 16.0. The highest BCUT2D eigenvalue weighted by atomic mass is 16.2. The molecule has 0 aliphatic rings. The Labute approximate surface area is 123 Å². The Balaban J connectivity index is 2.03. The van der Waals surface area contributed by atoms with E-state index in [0.717, 1.165) is 11.1 Å². The van der Waals surface area contributed by atoms with E-state index in [2.05, 4.69) is 10.6 Å². The van der Waals surface area contributed by atoms with Crippen LogP contribution in [0.15, 0.2) is 54.6 Å². The summed E-state index contributed by atoms with van der Waals surface area (Å²) in [5.41, 5.74) is 7.82. The van der Waals surface area contributed by atoms with Gasteiger partial charge in [0.25, 0.3) is 0 Å². The number of benzene rings is 2. The molecule has 0 saturated heterocycles. The zero-order valence-corrected chi connectivity index (χ0v) is 11.7. The van der Waals surface area contributed by atoms with Crippen molar-refractivity contribution in [1.29, 1.82) is 0 Å². The van der Waals surface area contributed by atoms with Crippen LogP contribution in [0.1, 0.15) is 6.92 Å². The van der Waals surface area contributed by atoms with Gasteiger partial charge in [-0.05, 0) is 30.2 Å². The van der Waals surface area contributed by atoms with Gasteiger partial charge in [-0.2, -0.15) is 0 Å². The molecule has 2 aromatic carbocycles. The van der Waals surface area contributed by atoms with Gasteiger partial charge in [0.05, 0.1) is 0 Å². The van der Waals surface area contributed by atoms with Crippen LogP contribution in [0.5, 0.6) is 0 Å². The van der Waals surface area contributed by atoms with Crippen LogP contribution in [-0.2, 0) is 4.79 Å². The van der Waals surface area contributed by atoms with E-state index in [1.807, 2.05) is 54.6 Å². The van der Waals surface area contributed by atoms with Crippen LogP contribution < -0.4 is 16.4 Å². The predicted octanol–water partition coefficient (Wildman–Crippen LogP) is 2.35. The van der Waals surface area contributed by atoms with Gasteiger partial charge in [-0.15, -0.1) is 0 Å². The first kappa shape index (κ1) is 14.6. The number of hydrogen-bond donors (Lipinski definition) is 3. The maximum absolute atomic E-state index is 11.8. The first-order valence-electron chi connectivity index (χ1n) is 6.58. The third-order valence-corrected chi connectivity index (χ3v) is 3.01. The largest absolute Gasteiger partial charge is 0.352 e. The maximum atomic E-state index is 11.8. The molecule has 0 bridgehead atoms. The first-order valence-corrected chi connectivity index (χ1v) is 6.58. The molecule has 0 fully saturated rings. The lowest BCUT2D eigenvalue weighted by Gasteiger charge is -2.12. The van der Waals surface area contributed by atoms with Crippen molar-refractivity contribution in [2.75, 3.05) is 5.32 Å². The number of nitrogens with one attached hydrogen (secondary N) is 2. The lowest BCUT2D eigenvalue weighted by Crippen LogP contribution is -2.44. The highest BCUT2D eigenvalue weighted by Crippen LogP contribution is 2.20. The molecule has 108 valence electrons. The number of hydrogen-bond acceptors (Lipinski definition) is 2. The summed E-state index contributed by atoms with van der Waals surface area (Å²) in [5.74, 6) is -0.318. The van der Waals surface area contributed by atoms with Crippen molar-refractivity contribution in [2.24, 2.45) is 5.73 Å². The molecule has 0 heterocycles. The molecule has 0 radical (unpaired) electrons. The van der Waals surface area contributed by atoms with E-state index in [4.69, 9.17) is 5.73 Å². The average Bonchev–Trinajstić information content (AvgIpc) is 2.48. The summed E-state index contributed by atoms with van der Waals surface area (Å²) in [7, 11) is 0. The molecule has 0 saturated carbocycles. The third-order valence-electron chi connectivity index (χ3n) is 3.01. The van der Waals surface area contributed by atoms with Gasteiger partial charge in [0.15, 0.2) is 0 Å². The minimum Gasteiger partial charge on any atom is -0.352 e. The summed E-state index contributed by atoms with van der Waals surface area (Å²) < 4.78 is 0. The molecule has 2 aromatic rings. The zero-order chi connectivity index (χ0) is 15.2. The second-order valence-corrected chi connectivity index (χ2v) is 4.66. The Morgan fingerprint density at radius 1 is 0.952 bits per heavy atom. The van der Waals surface area contributed by atoms with Crippen molar-refractivity contribution in [3.8, 4) is 11.1 Å². The fraction of sp³-hybridized carbons (Fsp3) is 0.125. The van der Waals surface area contributed by atoms with E-state index in [-0.39, 0.29) is 5.91 Å². The standard InChI is InChI=1S/C16H17N3O2/c1-11(18-16(17)21)15(20)19-14-9-7-13(8-10-14)12-5-3-2-4-6-12/h2-11H,1H3,(H,19,20)(H3,17,18,21)/t11-/m0/s1. The van der Waals surface area contributed by atoms with Gasteiger partial charge in [0.2, 0.25) is 5.91 Å². The molecule has 21 heavy (non-hydrogen) atoms. The Morgan fingerprint density at radius 3 is 2.10 bits per heavy atom. The van der Waals surface area contributed by atoms with Crippen molar-refractivity contribution in [3.05, 3.63) is 54.6 Å². The Kier molecular flexibility index (Phi) is 4.56. The van der Waals surface area contributed by atoms with Gasteiger partial charge < -0.3 is 16.4 Å². The van der Waals surface area contributed by atoms with E-state index in [9.17, 15) is 9.59 Å². The molecule has 4 N–H and O–H groups in total. The average molecular weight is 283 g/mol. The third kappa shape index (κ3) is 4.07. The summed E-state index contributed by atoms with van der Waals surface area (Å²) in [5, 5.41) is 5.04. The molecule has 0 unspecified atom stereocenters. The van der Waals surface area contributed by atoms with Crippen LogP contribution in [0.25, 0.3) is 11.1 Å². The first-order chi connectivity index (χ1) is 10.1. The van der Waals surface area contributed by atoms with Gasteiger partial charge in [-0.25, -0.2) is 4.79 Å². The summed E-state index contributed by atoms with van der Waals surface area (Å²) in [6.07, 6.45) is 0. The van der Waals surface area contributed by atoms with Crippen LogP contribution in [0.2, 0.25) is 0 Å². The lowest BCUT2D eigenvalue weighted by molar-refractivity contribution is -0.117. The second kappa shape index (κ2) is 6.56. The molecule has 0 aliphatic carbocycles. The van der Waals surface area contributed by atoms with Crippen molar-refractivity contribution < 1.29 is 9.59 Å². The van der Waals surface area contributed by atoms with E-state index in [1.165, 1.54) is 0 Å². The number of urea groups is 1. The zero-order valence-electron chi connectivity index (χ0n) is 11.7. The van der Waals surface area contributed by atoms with Crippen molar-refractivity contribution in [3.63, 3.8) is 0 Å². The highest BCUT2D eigenvalue weighted by Gasteiger charge is 2.13. The second-order valence-electron chi connectivity index (χ2n) is 4.66. The minimum atomic E-state index is -0.725. The smallest absolute Gasteiger partial charge is 0.312 e. The van der Waals surface area contributed by atoms with E-state index >= 15 is 0 Å². The fourth-order valence-electron chi connectivity index (χ4n) is 1.91. The van der Waals surface area contributed by atoms with Gasteiger partial charge >= 0.3 is 6.03 Å². The van der Waals surface area contributed by atoms with Gasteiger partial charge in [0.1, 0.15) is 6.04 Å². The van der Waals surface area contributed by atoms with Crippen LogP contribution in [-0.4, -0.2) is 18.0 Å². The number of amides is 3. The SMILES string of the molecule is C[C@H](NC(N)=O)C(=O)Nc1ccc(-c2ccccc2)cc1. The van der Waals surface area contributed by atoms with Crippen LogP contribution in [0.4, 0.5) is 10.5 Å². The normalized spacial score (nSPS) is 11.5. The fourth-order valence-corrected chi connectivity index (χ4v) is 1.91. The van der Waals surface area contributed by atoms with Gasteiger partial charge in [-0.1, -0.05) is 42.5 Å². The van der Waals surface area contributed by atoms with Gasteiger partial charge in [0, 0.05) is 5.69 Å². The minimum absolute atomic E-state index is 0.318. The molecule has 5 nitrogen and oxygen atoms in total. The predicted molar refractivity (Wildman–Crippen MR) is 82.7 cm³/mol. The molecule has 1 atom stereocenters. The summed E-state index contributed by atoms with van der Waals surface area (Å²) in [4.78, 5) is 22.5. The topological polar surface area (TPSA) is 84.2 Å². The lowest BCUT2D eigenvalue weighted by atomic mass is 10.1. The monoisotopic (exact) mass is 283 g/mol. The Hall–Kier alpha value is -2.82. The molecular formula is C16H17N3O2.